The van der Waals surface area contributed by atoms with E-state index in [0.717, 1.165) is 18.2 Å². The number of ketones is 2. The summed E-state index contributed by atoms with van der Waals surface area (Å²) in [4.78, 5) is 24.0. The number of alkyl halides is 9. The van der Waals surface area contributed by atoms with Crippen LogP contribution in [0.3, 0.4) is 0 Å². The fourth-order valence-corrected chi connectivity index (χ4v) is 4.20. The number of Topliss-reactive ketones (excluding diaryl/α,β-unsaturated/α-hetero) is 2. The van der Waals surface area contributed by atoms with Crippen LogP contribution in [0.25, 0.3) is 5.83 Å². The average molecular weight is 656 g/mol. The topological polar surface area (TPSA) is 34.1 Å². The number of carbonyl (C=O) groups excluding carboxylic acids is 2. The zero-order valence-electron chi connectivity index (χ0n) is 19.7. The Balaban J connectivity index is 2.40. The van der Waals surface area contributed by atoms with Crippen molar-refractivity contribution in [2.24, 2.45) is 5.92 Å². The maximum Gasteiger partial charge on any atom is 0.417 e. The molecule has 1 unspecified atom stereocenters. The predicted octanol–water partition coefficient (Wildman–Crippen LogP) is 9.90. The van der Waals surface area contributed by atoms with Crippen LogP contribution in [-0.2, 0) is 11.0 Å². The van der Waals surface area contributed by atoms with Gasteiger partial charge in [-0.1, -0.05) is 36.7 Å². The summed E-state index contributed by atoms with van der Waals surface area (Å²) in [7, 11) is 0. The molecule has 2 aromatic rings. The van der Waals surface area contributed by atoms with Crippen molar-refractivity contribution in [2.45, 2.75) is 50.6 Å². The first-order valence-electron chi connectivity index (χ1n) is 10.9. The maximum absolute atomic E-state index is 14.9. The van der Waals surface area contributed by atoms with Gasteiger partial charge in [-0.3, -0.25) is 9.59 Å². The molecule has 2 atom stereocenters. The van der Waals surface area contributed by atoms with Gasteiger partial charge in [-0.2, -0.15) is 39.5 Å². The van der Waals surface area contributed by atoms with E-state index >= 15 is 0 Å². The van der Waals surface area contributed by atoms with Crippen molar-refractivity contribution in [3.05, 3.63) is 74.2 Å². The second-order valence-electron chi connectivity index (χ2n) is 8.73. The number of hydrogen-bond acceptors (Lipinski definition) is 2. The molecule has 0 saturated heterocycles. The van der Waals surface area contributed by atoms with Gasteiger partial charge in [0, 0.05) is 28.4 Å². The van der Waals surface area contributed by atoms with Crippen LogP contribution in [0.15, 0.2) is 46.9 Å². The van der Waals surface area contributed by atoms with Gasteiger partial charge in [0.25, 0.3) is 0 Å². The Bertz CT molecular complexity index is 1250. The molecule has 2 rings (SSSR count). The molecule has 14 heteroatoms. The normalized spacial score (nSPS) is 14.7. The van der Waals surface area contributed by atoms with Gasteiger partial charge in [-0.05, 0) is 51.7 Å². The van der Waals surface area contributed by atoms with E-state index in [2.05, 4.69) is 15.9 Å². The number of hydrogen-bond donors (Lipinski definition) is 0. The highest BCUT2D eigenvalue weighted by Crippen LogP contribution is 2.41. The second kappa shape index (κ2) is 12.4. The van der Waals surface area contributed by atoms with Crippen LogP contribution < -0.4 is 0 Å². The number of halogens is 12. The molecule has 0 N–H and O–H groups in total. The predicted molar refractivity (Wildman–Crippen MR) is 127 cm³/mol. The molecule has 0 bridgehead atoms. The van der Waals surface area contributed by atoms with Crippen LogP contribution in [0.5, 0.6) is 0 Å². The number of benzene rings is 2. The van der Waals surface area contributed by atoms with E-state index in [0.29, 0.717) is 12.1 Å². The van der Waals surface area contributed by atoms with Crippen LogP contribution in [-0.4, -0.2) is 23.9 Å². The molecule has 0 aromatic heterocycles. The van der Waals surface area contributed by atoms with Crippen molar-refractivity contribution in [2.75, 3.05) is 0 Å². The van der Waals surface area contributed by atoms with Gasteiger partial charge in [-0.25, -0.2) is 4.39 Å². The maximum atomic E-state index is 14.9. The average Bonchev–Trinajstić information content (AvgIpc) is 2.76. The molecule has 0 aliphatic rings. The Morgan fingerprint density at radius 2 is 1.56 bits per heavy atom. The van der Waals surface area contributed by atoms with Crippen molar-refractivity contribution >= 4 is 44.9 Å². The standard InChI is InChI=1S/C25H18BrClF10O2/c1-12(6-15(38)11-23(29,30)31)7-22(39)16-4-2-14(8-18(16)25(35,36)37)21(28)10-17(24(32,33)34)13-3-5-20(27)19(26)9-13/h2-5,8-10,12,17H,6-7,11H2,1H3/b21-10-/t12-,17?/m1/s1. The molecule has 0 radical (unpaired) electrons. The molecule has 0 aliphatic heterocycles. The molecule has 2 aromatic carbocycles. The van der Waals surface area contributed by atoms with Crippen molar-refractivity contribution in [3.8, 4) is 0 Å². The monoisotopic (exact) mass is 654 g/mol. The van der Waals surface area contributed by atoms with E-state index in [4.69, 9.17) is 11.6 Å². The van der Waals surface area contributed by atoms with Crippen molar-refractivity contribution < 1.29 is 53.5 Å². The molecule has 0 aliphatic carbocycles. The first-order valence-corrected chi connectivity index (χ1v) is 12.1. The zero-order valence-corrected chi connectivity index (χ0v) is 22.0. The number of rotatable bonds is 9. The Kier molecular flexibility index (Phi) is 10.4. The molecule has 0 heterocycles. The highest BCUT2D eigenvalue weighted by atomic mass is 79.9. The van der Waals surface area contributed by atoms with Crippen molar-refractivity contribution in [1.82, 2.24) is 0 Å². The third kappa shape index (κ3) is 9.63. The smallest absolute Gasteiger partial charge is 0.299 e. The molecule has 0 amide bonds. The van der Waals surface area contributed by atoms with E-state index in [9.17, 15) is 53.5 Å². The summed E-state index contributed by atoms with van der Waals surface area (Å²) in [5, 5.41) is 0.0678. The van der Waals surface area contributed by atoms with Crippen LogP contribution in [0.1, 0.15) is 59.2 Å². The third-order valence-corrected chi connectivity index (χ3v) is 6.59. The highest BCUT2D eigenvalue weighted by molar-refractivity contribution is 9.10. The zero-order chi connectivity index (χ0) is 29.9. The molecular formula is C25H18BrClF10O2. The number of allylic oxidation sites excluding steroid dienone is 1. The van der Waals surface area contributed by atoms with E-state index in [-0.39, 0.29) is 21.6 Å². The summed E-state index contributed by atoms with van der Waals surface area (Å²) in [5.41, 5.74) is -3.97. The summed E-state index contributed by atoms with van der Waals surface area (Å²) < 4.78 is 134. The minimum Gasteiger partial charge on any atom is -0.299 e. The summed E-state index contributed by atoms with van der Waals surface area (Å²) in [6.45, 7) is 1.20. The fraction of sp³-hybridized carbons (Fsp3) is 0.360. The molecule has 39 heavy (non-hydrogen) atoms. The SMILES string of the molecule is C[C@H](CC(=O)CC(F)(F)F)CC(=O)c1ccc(/C(F)=C/C(c2ccc(Cl)c(Br)c2)C(F)(F)F)cc1C(F)(F)F. The lowest BCUT2D eigenvalue weighted by Gasteiger charge is -2.19. The van der Waals surface area contributed by atoms with Gasteiger partial charge in [-0.15, -0.1) is 0 Å². The number of carbonyl (C=O) groups is 2. The van der Waals surface area contributed by atoms with E-state index < -0.39 is 89.3 Å². The Morgan fingerprint density at radius 1 is 0.949 bits per heavy atom. The Hall–Kier alpha value is -2.41. The van der Waals surface area contributed by atoms with Gasteiger partial charge in [0.1, 0.15) is 23.9 Å². The molecule has 0 saturated carbocycles. The molecule has 0 fully saturated rings. The van der Waals surface area contributed by atoms with Crippen LogP contribution in [0, 0.1) is 5.92 Å². The van der Waals surface area contributed by atoms with Crippen molar-refractivity contribution in [3.63, 3.8) is 0 Å². The lowest BCUT2D eigenvalue weighted by atomic mass is 9.91. The third-order valence-electron chi connectivity index (χ3n) is 5.38. The van der Waals surface area contributed by atoms with E-state index in [1.165, 1.54) is 6.92 Å². The van der Waals surface area contributed by atoms with E-state index in [1.807, 2.05) is 0 Å². The summed E-state index contributed by atoms with van der Waals surface area (Å²) in [6, 6.07) is 4.49. The first kappa shape index (κ1) is 32.8. The summed E-state index contributed by atoms with van der Waals surface area (Å²) in [5.74, 6) is -7.70. The van der Waals surface area contributed by atoms with Gasteiger partial charge >= 0.3 is 18.5 Å². The molecular weight excluding hydrogens is 638 g/mol. The van der Waals surface area contributed by atoms with Gasteiger partial charge in [0.15, 0.2) is 5.78 Å². The summed E-state index contributed by atoms with van der Waals surface area (Å²) >= 11 is 8.72. The first-order chi connectivity index (χ1) is 17.7. The summed E-state index contributed by atoms with van der Waals surface area (Å²) in [6.07, 6.45) is -18.2. The molecule has 2 nitrogen and oxygen atoms in total. The largest absolute Gasteiger partial charge is 0.417 e. The Labute approximate surface area is 229 Å². The van der Waals surface area contributed by atoms with Crippen LogP contribution in [0.2, 0.25) is 5.02 Å². The minimum absolute atomic E-state index is 0.0678. The lowest BCUT2D eigenvalue weighted by Crippen LogP contribution is -2.20. The van der Waals surface area contributed by atoms with Gasteiger partial charge < -0.3 is 0 Å². The van der Waals surface area contributed by atoms with E-state index in [1.54, 1.807) is 0 Å². The highest BCUT2D eigenvalue weighted by Gasteiger charge is 2.41. The van der Waals surface area contributed by atoms with Crippen LogP contribution in [0.4, 0.5) is 43.9 Å². The quantitative estimate of drug-likeness (QED) is 0.199. The molecule has 0 spiro atoms. The Morgan fingerprint density at radius 3 is 2.08 bits per heavy atom. The molecule has 214 valence electrons. The van der Waals surface area contributed by atoms with Gasteiger partial charge in [0.05, 0.1) is 10.6 Å². The fourth-order valence-electron chi connectivity index (χ4n) is 3.68. The van der Waals surface area contributed by atoms with Crippen molar-refractivity contribution in [1.29, 1.82) is 0 Å². The second-order valence-corrected chi connectivity index (χ2v) is 9.99. The van der Waals surface area contributed by atoms with Gasteiger partial charge in [0.2, 0.25) is 0 Å². The van der Waals surface area contributed by atoms with Crippen LogP contribution >= 0.6 is 27.5 Å². The minimum atomic E-state index is -5.24. The lowest BCUT2D eigenvalue weighted by molar-refractivity contribution is -0.152.